The average molecular weight is 537 g/mol. The van der Waals surface area contributed by atoms with E-state index in [4.69, 9.17) is 5.14 Å². The molecule has 1 atom stereocenters. The third-order valence-corrected chi connectivity index (χ3v) is 6.94. The van der Waals surface area contributed by atoms with Crippen molar-refractivity contribution in [2.45, 2.75) is 77.1 Å². The highest BCUT2D eigenvalue weighted by Gasteiger charge is 2.26. The van der Waals surface area contributed by atoms with Gasteiger partial charge in [-0.1, -0.05) is 27.7 Å². The van der Waals surface area contributed by atoms with Gasteiger partial charge in [0, 0.05) is 5.69 Å². The number of nitrogens with two attached hydrogens (primary N) is 1. The summed E-state index contributed by atoms with van der Waals surface area (Å²) in [6, 6.07) is 7.21. The standard InChI is InChI=1S/C25H34N4O5S.H2S/c1-14(2)20-7-16(11-26)8-21(15(3)4)23(20)28-24(32)29-35(27,34)19-9-17(12-30)22(25(5,6)33)18(10-19)13-31;/h7-10,14-15,30-31,33H,12-13H2,1-6H3,(H3,27,28,29,32,34);1H2. The molecule has 0 bridgehead atoms. The van der Waals surface area contributed by atoms with E-state index in [0.29, 0.717) is 11.3 Å². The molecule has 36 heavy (non-hydrogen) atoms. The van der Waals surface area contributed by atoms with Crippen molar-refractivity contribution < 1.29 is 24.3 Å². The van der Waals surface area contributed by atoms with E-state index in [9.17, 15) is 29.6 Å². The van der Waals surface area contributed by atoms with Gasteiger partial charge in [0.25, 0.3) is 0 Å². The molecule has 0 aliphatic heterocycles. The molecular weight excluding hydrogens is 500 g/mol. The predicted octanol–water partition coefficient (Wildman–Crippen LogP) is 4.06. The lowest BCUT2D eigenvalue weighted by molar-refractivity contribution is 0.0731. The number of nitriles is 1. The Hall–Kier alpha value is -2.46. The van der Waals surface area contributed by atoms with Gasteiger partial charge in [-0.15, -0.1) is 4.36 Å². The van der Waals surface area contributed by atoms with Crippen molar-refractivity contribution in [3.8, 4) is 6.07 Å². The van der Waals surface area contributed by atoms with Crippen LogP contribution in [0.2, 0.25) is 0 Å². The van der Waals surface area contributed by atoms with Crippen LogP contribution < -0.4 is 10.5 Å². The largest absolute Gasteiger partial charge is 0.392 e. The van der Waals surface area contributed by atoms with Gasteiger partial charge in [-0.25, -0.2) is 14.1 Å². The molecule has 2 rings (SSSR count). The predicted molar refractivity (Wildman–Crippen MR) is 145 cm³/mol. The second kappa shape index (κ2) is 12.2. The number of nitrogens with zero attached hydrogens (tertiary/aromatic N) is 2. The average Bonchev–Trinajstić information content (AvgIpc) is 2.76. The molecule has 0 spiro atoms. The maximum Gasteiger partial charge on any atom is 0.354 e. The number of benzene rings is 2. The first-order valence-corrected chi connectivity index (χ1v) is 12.8. The van der Waals surface area contributed by atoms with Crippen molar-refractivity contribution in [2.75, 3.05) is 5.32 Å². The number of aliphatic hydroxyl groups excluding tert-OH is 2. The minimum atomic E-state index is -3.78. The van der Waals surface area contributed by atoms with Gasteiger partial charge in [-0.2, -0.15) is 18.8 Å². The molecule has 11 heteroatoms. The van der Waals surface area contributed by atoms with E-state index in [2.05, 4.69) is 15.7 Å². The van der Waals surface area contributed by atoms with Crippen LogP contribution in [-0.4, -0.2) is 25.6 Å². The van der Waals surface area contributed by atoms with Crippen molar-refractivity contribution in [2.24, 2.45) is 9.50 Å². The van der Waals surface area contributed by atoms with Crippen LogP contribution in [0.25, 0.3) is 0 Å². The summed E-state index contributed by atoms with van der Waals surface area (Å²) in [6.07, 6.45) is 0. The van der Waals surface area contributed by atoms with Gasteiger partial charge in [0.05, 0.1) is 35.3 Å². The van der Waals surface area contributed by atoms with Gasteiger partial charge in [-0.3, -0.25) is 0 Å². The number of hydrogen-bond donors (Lipinski definition) is 5. The Balaban J connectivity index is 0.00000648. The molecule has 0 aliphatic carbocycles. The van der Waals surface area contributed by atoms with E-state index in [1.807, 2.05) is 27.7 Å². The van der Waals surface area contributed by atoms with E-state index < -0.39 is 34.8 Å². The summed E-state index contributed by atoms with van der Waals surface area (Å²) in [6.45, 7) is 9.67. The third kappa shape index (κ3) is 7.06. The first-order valence-electron chi connectivity index (χ1n) is 11.2. The summed E-state index contributed by atoms with van der Waals surface area (Å²) in [5, 5.41) is 48.2. The van der Waals surface area contributed by atoms with Crippen LogP contribution in [0.15, 0.2) is 33.5 Å². The van der Waals surface area contributed by atoms with E-state index in [0.717, 1.165) is 11.1 Å². The number of anilines is 1. The SMILES string of the molecule is CC(C)c1cc(C#N)cc(C(C)C)c1NC(=O)N=S(N)(=O)c1cc(CO)c(C(C)(C)O)c(CO)c1.S. The lowest BCUT2D eigenvalue weighted by atomic mass is 9.89. The highest BCUT2D eigenvalue weighted by molar-refractivity contribution is 7.91. The fraction of sp³-hybridized carbons (Fsp3) is 0.440. The Labute approximate surface area is 220 Å². The second-order valence-electron chi connectivity index (χ2n) is 9.53. The number of carbonyl (C=O) groups is 1. The van der Waals surface area contributed by atoms with Gasteiger partial charge >= 0.3 is 6.03 Å². The number of carbonyl (C=O) groups excluding carboxylic acids is 1. The Bertz CT molecular complexity index is 1230. The molecule has 2 amide bonds. The minimum absolute atomic E-state index is 0. The molecule has 0 saturated carbocycles. The molecule has 198 valence electrons. The number of hydrogen-bond acceptors (Lipinski definition) is 6. The summed E-state index contributed by atoms with van der Waals surface area (Å²) in [5.74, 6) is -0.0427. The van der Waals surface area contributed by atoms with E-state index >= 15 is 0 Å². The van der Waals surface area contributed by atoms with Crippen LogP contribution in [0.5, 0.6) is 0 Å². The third-order valence-electron chi connectivity index (χ3n) is 5.59. The fourth-order valence-electron chi connectivity index (χ4n) is 4.05. The number of nitrogens with one attached hydrogen (secondary N) is 1. The molecule has 6 N–H and O–H groups in total. The summed E-state index contributed by atoms with van der Waals surface area (Å²) in [7, 11) is -3.78. The Kier molecular flexibility index (Phi) is 10.7. The van der Waals surface area contributed by atoms with Gasteiger partial charge < -0.3 is 20.6 Å². The van der Waals surface area contributed by atoms with Crippen molar-refractivity contribution in [1.29, 1.82) is 5.26 Å². The summed E-state index contributed by atoms with van der Waals surface area (Å²) in [4.78, 5) is 12.8. The number of amides is 2. The van der Waals surface area contributed by atoms with Crippen LogP contribution in [0, 0.1) is 11.3 Å². The van der Waals surface area contributed by atoms with Crippen molar-refractivity contribution in [3.05, 3.63) is 57.6 Å². The molecule has 0 radical (unpaired) electrons. The lowest BCUT2D eigenvalue weighted by Crippen LogP contribution is -2.23. The zero-order valence-electron chi connectivity index (χ0n) is 21.4. The van der Waals surface area contributed by atoms with Gasteiger partial charge in [0.15, 0.2) is 0 Å². The number of urea groups is 1. The van der Waals surface area contributed by atoms with E-state index in [1.54, 1.807) is 12.1 Å². The lowest BCUT2D eigenvalue weighted by Gasteiger charge is -2.25. The second-order valence-corrected chi connectivity index (χ2v) is 11.3. The minimum Gasteiger partial charge on any atom is -0.392 e. The summed E-state index contributed by atoms with van der Waals surface area (Å²) >= 11 is 0. The molecule has 2 aromatic rings. The Morgan fingerprint density at radius 3 is 1.86 bits per heavy atom. The maximum absolute atomic E-state index is 13.3. The van der Waals surface area contributed by atoms with E-state index in [-0.39, 0.29) is 46.9 Å². The highest BCUT2D eigenvalue weighted by atomic mass is 32.2. The number of rotatable bonds is 7. The van der Waals surface area contributed by atoms with Crippen molar-refractivity contribution in [1.82, 2.24) is 0 Å². The molecule has 9 nitrogen and oxygen atoms in total. The van der Waals surface area contributed by atoms with Crippen LogP contribution in [0.4, 0.5) is 10.5 Å². The molecular formula is C25H36N4O5S2. The fourth-order valence-corrected chi connectivity index (χ4v) is 5.07. The first-order chi connectivity index (χ1) is 16.2. The van der Waals surface area contributed by atoms with Crippen LogP contribution in [0.3, 0.4) is 0 Å². The maximum atomic E-state index is 13.3. The van der Waals surface area contributed by atoms with Crippen molar-refractivity contribution >= 4 is 35.1 Å². The van der Waals surface area contributed by atoms with Crippen LogP contribution >= 0.6 is 13.5 Å². The van der Waals surface area contributed by atoms with Gasteiger partial charge in [0.2, 0.25) is 0 Å². The zero-order valence-corrected chi connectivity index (χ0v) is 23.2. The zero-order chi connectivity index (χ0) is 26.7. The van der Waals surface area contributed by atoms with Gasteiger partial charge in [-0.05, 0) is 77.8 Å². The molecule has 0 saturated heterocycles. The molecule has 2 aromatic carbocycles. The Morgan fingerprint density at radius 1 is 1.08 bits per heavy atom. The molecule has 0 aliphatic rings. The van der Waals surface area contributed by atoms with Gasteiger partial charge in [0.1, 0.15) is 9.92 Å². The topological polar surface area (TPSA) is 169 Å². The summed E-state index contributed by atoms with van der Waals surface area (Å²) < 4.78 is 17.0. The molecule has 1 unspecified atom stereocenters. The van der Waals surface area contributed by atoms with Crippen LogP contribution in [0.1, 0.15) is 86.8 Å². The number of aliphatic hydroxyl groups is 3. The highest BCUT2D eigenvalue weighted by Crippen LogP contribution is 2.34. The quantitative estimate of drug-likeness (QED) is 0.357. The van der Waals surface area contributed by atoms with E-state index in [1.165, 1.54) is 26.0 Å². The molecule has 0 fully saturated rings. The monoisotopic (exact) mass is 536 g/mol. The molecule has 0 heterocycles. The Morgan fingerprint density at radius 2 is 1.53 bits per heavy atom. The normalized spacial score (nSPS) is 13.1. The summed E-state index contributed by atoms with van der Waals surface area (Å²) in [5.41, 5.74) is 1.74. The van der Waals surface area contributed by atoms with Crippen LogP contribution in [-0.2, 0) is 28.7 Å². The van der Waals surface area contributed by atoms with Crippen molar-refractivity contribution in [3.63, 3.8) is 0 Å². The smallest absolute Gasteiger partial charge is 0.354 e. The molecule has 0 aromatic heterocycles. The first kappa shape index (κ1) is 31.6.